The van der Waals surface area contributed by atoms with Gasteiger partial charge in [0.15, 0.2) is 0 Å². The van der Waals surface area contributed by atoms with Crippen molar-refractivity contribution in [2.75, 3.05) is 50.5 Å². The summed E-state index contributed by atoms with van der Waals surface area (Å²) < 4.78 is 5.10. The van der Waals surface area contributed by atoms with Crippen LogP contribution >= 0.6 is 0 Å². The number of likely N-dealkylation sites (tertiary alicyclic amines) is 1. The van der Waals surface area contributed by atoms with E-state index in [1.54, 1.807) is 7.11 Å². The standard InChI is InChI=1S/C13H24N6O/c1-4-14-11-16-12(18-13(17-11)20-3)15-8-10-6-7-19(5-2)9-10/h10H,4-9H2,1-3H3,(H2,14,15,16,17,18). The molecule has 0 aliphatic carbocycles. The first-order chi connectivity index (χ1) is 9.75. The minimum absolute atomic E-state index is 0.333. The van der Waals surface area contributed by atoms with E-state index in [9.17, 15) is 0 Å². The molecule has 0 saturated carbocycles. The predicted molar refractivity (Wildman–Crippen MR) is 79.3 cm³/mol. The van der Waals surface area contributed by atoms with Crippen LogP contribution in [-0.4, -0.2) is 59.7 Å². The highest BCUT2D eigenvalue weighted by molar-refractivity contribution is 5.35. The van der Waals surface area contributed by atoms with Gasteiger partial charge in [-0.05, 0) is 32.4 Å². The highest BCUT2D eigenvalue weighted by Gasteiger charge is 2.21. The third-order valence-electron chi connectivity index (χ3n) is 3.50. The highest BCUT2D eigenvalue weighted by atomic mass is 16.5. The monoisotopic (exact) mass is 280 g/mol. The first kappa shape index (κ1) is 14.8. The number of methoxy groups -OCH3 is 1. The van der Waals surface area contributed by atoms with Crippen molar-refractivity contribution in [2.45, 2.75) is 20.3 Å². The van der Waals surface area contributed by atoms with E-state index in [4.69, 9.17) is 4.74 Å². The summed E-state index contributed by atoms with van der Waals surface area (Å²) in [6, 6.07) is 0.333. The van der Waals surface area contributed by atoms with Gasteiger partial charge in [0.2, 0.25) is 11.9 Å². The fourth-order valence-electron chi connectivity index (χ4n) is 2.37. The van der Waals surface area contributed by atoms with Crippen LogP contribution < -0.4 is 15.4 Å². The maximum absolute atomic E-state index is 5.10. The molecule has 7 nitrogen and oxygen atoms in total. The Bertz CT molecular complexity index is 427. The fraction of sp³-hybridized carbons (Fsp3) is 0.769. The van der Waals surface area contributed by atoms with Gasteiger partial charge in [0.05, 0.1) is 7.11 Å². The van der Waals surface area contributed by atoms with Gasteiger partial charge in [-0.25, -0.2) is 0 Å². The Morgan fingerprint density at radius 1 is 1.20 bits per heavy atom. The highest BCUT2D eigenvalue weighted by Crippen LogP contribution is 2.17. The first-order valence-corrected chi connectivity index (χ1v) is 7.25. The lowest BCUT2D eigenvalue weighted by Crippen LogP contribution is -2.23. The summed E-state index contributed by atoms with van der Waals surface area (Å²) in [6.45, 7) is 9.31. The molecule has 7 heteroatoms. The number of nitrogens with zero attached hydrogens (tertiary/aromatic N) is 4. The van der Waals surface area contributed by atoms with Gasteiger partial charge in [-0.2, -0.15) is 15.0 Å². The summed E-state index contributed by atoms with van der Waals surface area (Å²) in [4.78, 5) is 15.2. The van der Waals surface area contributed by atoms with Crippen molar-refractivity contribution >= 4 is 11.9 Å². The third-order valence-corrected chi connectivity index (χ3v) is 3.50. The van der Waals surface area contributed by atoms with Crippen molar-refractivity contribution in [3.05, 3.63) is 0 Å². The zero-order valence-corrected chi connectivity index (χ0v) is 12.5. The van der Waals surface area contributed by atoms with Crippen LogP contribution in [0.4, 0.5) is 11.9 Å². The molecule has 1 aliphatic rings. The average Bonchev–Trinajstić information content (AvgIpc) is 2.93. The summed E-state index contributed by atoms with van der Waals surface area (Å²) in [5.74, 6) is 1.77. The molecule has 0 spiro atoms. The van der Waals surface area contributed by atoms with E-state index in [0.717, 1.165) is 26.2 Å². The molecule has 1 saturated heterocycles. The fourth-order valence-corrected chi connectivity index (χ4v) is 2.37. The van der Waals surface area contributed by atoms with Gasteiger partial charge < -0.3 is 20.3 Å². The molecule has 112 valence electrons. The minimum atomic E-state index is 0.333. The van der Waals surface area contributed by atoms with Crippen molar-refractivity contribution in [2.24, 2.45) is 5.92 Å². The van der Waals surface area contributed by atoms with E-state index in [1.807, 2.05) is 6.92 Å². The maximum atomic E-state index is 5.10. The van der Waals surface area contributed by atoms with Crippen LogP contribution in [0.2, 0.25) is 0 Å². The molecule has 1 aliphatic heterocycles. The van der Waals surface area contributed by atoms with Crippen molar-refractivity contribution < 1.29 is 4.74 Å². The maximum Gasteiger partial charge on any atom is 0.322 e. The topological polar surface area (TPSA) is 75.2 Å². The van der Waals surface area contributed by atoms with Crippen LogP contribution in [0, 0.1) is 5.92 Å². The van der Waals surface area contributed by atoms with Crippen LogP contribution in [0.1, 0.15) is 20.3 Å². The normalized spacial score (nSPS) is 19.1. The molecule has 20 heavy (non-hydrogen) atoms. The Morgan fingerprint density at radius 2 is 1.95 bits per heavy atom. The lowest BCUT2D eigenvalue weighted by Gasteiger charge is -2.14. The van der Waals surface area contributed by atoms with Gasteiger partial charge >= 0.3 is 6.01 Å². The lowest BCUT2D eigenvalue weighted by atomic mass is 10.1. The molecule has 0 bridgehead atoms. The van der Waals surface area contributed by atoms with Gasteiger partial charge in [-0.1, -0.05) is 6.92 Å². The predicted octanol–water partition coefficient (Wildman–Crippen LogP) is 1.07. The molecular weight excluding hydrogens is 256 g/mol. The van der Waals surface area contributed by atoms with Gasteiger partial charge in [-0.3, -0.25) is 0 Å². The Hall–Kier alpha value is -1.63. The second kappa shape index (κ2) is 7.23. The van der Waals surface area contributed by atoms with E-state index < -0.39 is 0 Å². The molecule has 1 atom stereocenters. The number of hydrogen-bond acceptors (Lipinski definition) is 7. The molecule has 2 rings (SSSR count). The zero-order chi connectivity index (χ0) is 14.4. The van der Waals surface area contributed by atoms with E-state index in [2.05, 4.69) is 37.4 Å². The van der Waals surface area contributed by atoms with Gasteiger partial charge in [-0.15, -0.1) is 0 Å². The van der Waals surface area contributed by atoms with Gasteiger partial charge in [0, 0.05) is 19.6 Å². The molecule has 1 unspecified atom stereocenters. The molecular formula is C13H24N6O. The number of rotatable bonds is 7. The second-order valence-corrected chi connectivity index (χ2v) is 4.93. The van der Waals surface area contributed by atoms with Crippen molar-refractivity contribution in [3.8, 4) is 6.01 Å². The van der Waals surface area contributed by atoms with Crippen LogP contribution in [0.3, 0.4) is 0 Å². The number of nitrogens with one attached hydrogen (secondary N) is 2. The summed E-state index contributed by atoms with van der Waals surface area (Å²) in [5.41, 5.74) is 0. The summed E-state index contributed by atoms with van der Waals surface area (Å²) >= 11 is 0. The van der Waals surface area contributed by atoms with Crippen molar-refractivity contribution in [1.29, 1.82) is 0 Å². The van der Waals surface area contributed by atoms with Crippen LogP contribution in [0.15, 0.2) is 0 Å². The number of anilines is 2. The first-order valence-electron chi connectivity index (χ1n) is 7.25. The Kier molecular flexibility index (Phi) is 5.34. The SMILES string of the molecule is CCNc1nc(NCC2CCN(CC)C2)nc(OC)n1. The quantitative estimate of drug-likeness (QED) is 0.773. The molecule has 0 aromatic carbocycles. The summed E-state index contributed by atoms with van der Waals surface area (Å²) in [5, 5.41) is 6.37. The zero-order valence-electron chi connectivity index (χ0n) is 12.5. The van der Waals surface area contributed by atoms with Crippen LogP contribution in [-0.2, 0) is 0 Å². The smallest absolute Gasteiger partial charge is 0.322 e. The molecule has 1 aromatic rings. The number of ether oxygens (including phenoxy) is 1. The van der Waals surface area contributed by atoms with E-state index >= 15 is 0 Å². The Labute approximate surface area is 120 Å². The largest absolute Gasteiger partial charge is 0.467 e. The van der Waals surface area contributed by atoms with E-state index in [-0.39, 0.29) is 0 Å². The van der Waals surface area contributed by atoms with Gasteiger partial charge in [0.25, 0.3) is 0 Å². The van der Waals surface area contributed by atoms with Crippen LogP contribution in [0.5, 0.6) is 6.01 Å². The molecule has 2 N–H and O–H groups in total. The third kappa shape index (κ3) is 3.93. The molecule has 0 radical (unpaired) electrons. The van der Waals surface area contributed by atoms with Crippen molar-refractivity contribution in [1.82, 2.24) is 19.9 Å². The molecule has 1 aromatic heterocycles. The lowest BCUT2D eigenvalue weighted by molar-refractivity contribution is 0.344. The Balaban J connectivity index is 1.93. The molecule has 1 fully saturated rings. The van der Waals surface area contributed by atoms with Gasteiger partial charge in [0.1, 0.15) is 0 Å². The van der Waals surface area contributed by atoms with Crippen molar-refractivity contribution in [3.63, 3.8) is 0 Å². The second-order valence-electron chi connectivity index (χ2n) is 4.93. The number of aromatic nitrogens is 3. The number of hydrogen-bond donors (Lipinski definition) is 2. The molecule has 2 heterocycles. The molecule has 0 amide bonds. The average molecular weight is 280 g/mol. The Morgan fingerprint density at radius 3 is 2.55 bits per heavy atom. The summed E-state index contributed by atoms with van der Waals surface area (Å²) in [6.07, 6.45) is 1.23. The minimum Gasteiger partial charge on any atom is -0.467 e. The van der Waals surface area contributed by atoms with E-state index in [1.165, 1.54) is 13.0 Å². The summed E-state index contributed by atoms with van der Waals surface area (Å²) in [7, 11) is 1.56. The van der Waals surface area contributed by atoms with E-state index in [0.29, 0.717) is 23.8 Å². The van der Waals surface area contributed by atoms with Crippen LogP contribution in [0.25, 0.3) is 0 Å².